The lowest BCUT2D eigenvalue weighted by atomic mass is 10.2. The molecule has 2 aromatic heterocycles. The predicted molar refractivity (Wildman–Crippen MR) is 119 cm³/mol. The summed E-state index contributed by atoms with van der Waals surface area (Å²) in [6.45, 7) is 13.7. The maximum atomic E-state index is 9.57. The third-order valence-corrected chi connectivity index (χ3v) is 10.3. The van der Waals surface area contributed by atoms with E-state index < -0.39 is 8.80 Å². The van der Waals surface area contributed by atoms with Crippen molar-refractivity contribution in [3.05, 3.63) is 42.2 Å². The molecule has 0 unspecified atom stereocenters. The van der Waals surface area contributed by atoms with Crippen LogP contribution in [0, 0.1) is 0 Å². The molecular weight excluding hydrogens is 352 g/mol. The molecule has 0 saturated carbocycles. The predicted octanol–water partition coefficient (Wildman–Crippen LogP) is 3.28. The van der Waals surface area contributed by atoms with Crippen molar-refractivity contribution < 1.29 is 5.11 Å². The molecule has 26 heavy (non-hydrogen) atoms. The molecule has 0 fully saturated rings. The highest BCUT2D eigenvalue weighted by Crippen LogP contribution is 2.24. The molecule has 0 amide bonds. The minimum atomic E-state index is -1.20. The van der Waals surface area contributed by atoms with Gasteiger partial charge in [-0.25, -0.2) is 0 Å². The molecule has 0 spiro atoms. The highest BCUT2D eigenvalue weighted by Gasteiger charge is 2.26. The Bertz CT molecular complexity index is 743. The molecule has 1 N–H and O–H groups in total. The van der Waals surface area contributed by atoms with Gasteiger partial charge in [0, 0.05) is 6.20 Å². The van der Waals surface area contributed by atoms with E-state index in [1.54, 1.807) is 6.07 Å². The van der Waals surface area contributed by atoms with Crippen molar-refractivity contribution in [2.45, 2.75) is 58.7 Å². The van der Waals surface area contributed by atoms with Gasteiger partial charge in [-0.3, -0.25) is 9.97 Å². The van der Waals surface area contributed by atoms with E-state index in [9.17, 15) is 5.11 Å². The molecule has 0 atom stereocenters. The van der Waals surface area contributed by atoms with Gasteiger partial charge in [0.25, 0.3) is 0 Å². The van der Waals surface area contributed by atoms with Crippen LogP contribution in [0.15, 0.2) is 42.2 Å². The third kappa shape index (κ3) is 5.38. The minimum absolute atomic E-state index is 0.197. The first-order valence-corrected chi connectivity index (χ1v) is 13.2. The number of pyridine rings is 2. The van der Waals surface area contributed by atoms with Gasteiger partial charge in [-0.1, -0.05) is 45.4 Å². The number of hydrogen-bond acceptors (Lipinski definition) is 3. The van der Waals surface area contributed by atoms with Gasteiger partial charge in [-0.2, -0.15) is 0 Å². The topological polar surface area (TPSA) is 46.0 Å². The van der Waals surface area contributed by atoms with Crippen LogP contribution in [-0.2, 0) is 0 Å². The smallest absolute Gasteiger partial charge is 0.133 e. The number of hydrogen-bond donors (Lipinski definition) is 1. The molecule has 0 saturated heterocycles. The zero-order chi connectivity index (χ0) is 19.3. The van der Waals surface area contributed by atoms with E-state index in [1.165, 1.54) is 28.2 Å². The van der Waals surface area contributed by atoms with E-state index in [-0.39, 0.29) is 15.3 Å². The van der Waals surface area contributed by atoms with Crippen molar-refractivity contribution in [1.29, 1.82) is 0 Å². The summed E-state index contributed by atoms with van der Waals surface area (Å²) in [4.78, 5) is 9.30. The largest absolute Gasteiger partial charge is 0.506 e. The first kappa shape index (κ1) is 20.6. The summed E-state index contributed by atoms with van der Waals surface area (Å²) in [5, 5.41) is 12.5. The highest BCUT2D eigenvalue weighted by molar-refractivity contribution is 6.77. The Labute approximate surface area is 162 Å². The normalized spacial score (nSPS) is 11.9. The molecule has 5 heteroatoms. The molecule has 2 heterocycles. The summed E-state index contributed by atoms with van der Waals surface area (Å²) in [6.07, 6.45) is 5.92. The fourth-order valence-electron chi connectivity index (χ4n) is 3.67. The SMILES string of the molecule is CC(C)=CC[SiH2]c1cnc(-c2ccc(O)cn2)c([SiH](C(C)C)C(C)C)c1. The molecule has 0 aliphatic heterocycles. The van der Waals surface area contributed by atoms with E-state index in [2.05, 4.69) is 64.9 Å². The number of nitrogens with zero attached hydrogens (tertiary/aromatic N) is 2. The Morgan fingerprint density at radius 2 is 1.81 bits per heavy atom. The van der Waals surface area contributed by atoms with Crippen LogP contribution >= 0.6 is 0 Å². The summed E-state index contributed by atoms with van der Waals surface area (Å²) in [5.74, 6) is 0.197. The third-order valence-electron chi connectivity index (χ3n) is 4.75. The van der Waals surface area contributed by atoms with E-state index in [1.807, 2.05) is 6.07 Å². The van der Waals surface area contributed by atoms with Crippen molar-refractivity contribution >= 4 is 28.7 Å². The van der Waals surface area contributed by atoms with Crippen LogP contribution in [0.4, 0.5) is 0 Å². The Kier molecular flexibility index (Phi) is 7.35. The van der Waals surface area contributed by atoms with Crippen molar-refractivity contribution in [2.75, 3.05) is 0 Å². The van der Waals surface area contributed by atoms with Gasteiger partial charge < -0.3 is 5.11 Å². The van der Waals surface area contributed by atoms with Crippen molar-refractivity contribution in [1.82, 2.24) is 9.97 Å². The molecule has 0 aliphatic carbocycles. The quantitative estimate of drug-likeness (QED) is 0.588. The summed E-state index contributed by atoms with van der Waals surface area (Å²) >= 11 is 0. The average Bonchev–Trinajstić information content (AvgIpc) is 2.55. The van der Waals surface area contributed by atoms with Crippen LogP contribution in [0.25, 0.3) is 11.4 Å². The second-order valence-corrected chi connectivity index (χ2v) is 14.3. The van der Waals surface area contributed by atoms with Crippen LogP contribution in [0.5, 0.6) is 5.75 Å². The molecular formula is C21H32N2OSi2. The monoisotopic (exact) mass is 384 g/mol. The summed E-state index contributed by atoms with van der Waals surface area (Å²) in [7, 11) is -1.54. The van der Waals surface area contributed by atoms with E-state index in [0.717, 1.165) is 11.4 Å². The molecule has 0 aliphatic rings. The fourth-order valence-corrected chi connectivity index (χ4v) is 9.47. The Morgan fingerprint density at radius 3 is 2.35 bits per heavy atom. The molecule has 0 bridgehead atoms. The molecule has 0 radical (unpaired) electrons. The molecule has 3 nitrogen and oxygen atoms in total. The molecule has 0 aromatic carbocycles. The Balaban J connectivity index is 2.49. The number of allylic oxidation sites excluding steroid dienone is 2. The maximum absolute atomic E-state index is 9.57. The first-order chi connectivity index (χ1) is 12.3. The zero-order valence-electron chi connectivity index (χ0n) is 17.0. The van der Waals surface area contributed by atoms with E-state index >= 15 is 0 Å². The lowest BCUT2D eigenvalue weighted by Gasteiger charge is -2.26. The zero-order valence-corrected chi connectivity index (χ0v) is 19.5. The molecule has 2 rings (SSSR count). The van der Waals surface area contributed by atoms with Crippen LogP contribution in [0.3, 0.4) is 0 Å². The van der Waals surface area contributed by atoms with Crippen molar-refractivity contribution in [2.24, 2.45) is 0 Å². The summed E-state index contributed by atoms with van der Waals surface area (Å²) < 4.78 is 0. The van der Waals surface area contributed by atoms with Crippen molar-refractivity contribution in [3.8, 4) is 17.1 Å². The second-order valence-electron chi connectivity index (χ2n) is 8.02. The van der Waals surface area contributed by atoms with Crippen LogP contribution in [0.1, 0.15) is 41.5 Å². The van der Waals surface area contributed by atoms with Gasteiger partial charge in [0.2, 0.25) is 0 Å². The van der Waals surface area contributed by atoms with Gasteiger partial charge in [0.15, 0.2) is 0 Å². The van der Waals surface area contributed by atoms with Gasteiger partial charge >= 0.3 is 0 Å². The van der Waals surface area contributed by atoms with Gasteiger partial charge in [0.05, 0.1) is 35.9 Å². The second kappa shape index (κ2) is 9.28. The van der Waals surface area contributed by atoms with Gasteiger partial charge in [-0.15, -0.1) is 0 Å². The van der Waals surface area contributed by atoms with Crippen LogP contribution < -0.4 is 10.4 Å². The lowest BCUT2D eigenvalue weighted by Crippen LogP contribution is -2.40. The fraction of sp³-hybridized carbons (Fsp3) is 0.429. The average molecular weight is 385 g/mol. The van der Waals surface area contributed by atoms with Crippen LogP contribution in [-0.4, -0.2) is 33.4 Å². The Hall–Kier alpha value is -1.73. The summed E-state index contributed by atoms with van der Waals surface area (Å²) in [6, 6.07) is 7.22. The minimum Gasteiger partial charge on any atom is -0.506 e. The van der Waals surface area contributed by atoms with Crippen molar-refractivity contribution in [3.63, 3.8) is 0 Å². The van der Waals surface area contributed by atoms with E-state index in [0.29, 0.717) is 11.1 Å². The van der Waals surface area contributed by atoms with Crippen LogP contribution in [0.2, 0.25) is 17.1 Å². The van der Waals surface area contributed by atoms with Gasteiger partial charge in [-0.05, 0) is 53.5 Å². The number of aromatic nitrogens is 2. The van der Waals surface area contributed by atoms with E-state index in [4.69, 9.17) is 4.98 Å². The molecule has 140 valence electrons. The van der Waals surface area contributed by atoms with Gasteiger partial charge in [0.1, 0.15) is 5.75 Å². The maximum Gasteiger partial charge on any atom is 0.133 e. The summed E-state index contributed by atoms with van der Waals surface area (Å²) in [5.41, 5.74) is 4.62. The lowest BCUT2D eigenvalue weighted by molar-refractivity contribution is 0.473. The first-order valence-electron chi connectivity index (χ1n) is 9.57. The number of rotatable bonds is 7. The Morgan fingerprint density at radius 1 is 1.12 bits per heavy atom. The standard InChI is InChI=1S/C21H32N2OSi2/c1-14(2)9-10-25-18-11-20(26(15(3)4)16(5)6)21(23-13-18)19-8-7-17(24)12-22-19/h7-9,11-13,15-16,24,26H,10,25H2,1-6H3. The highest BCUT2D eigenvalue weighted by atomic mass is 28.3. The molecule has 2 aromatic rings. The number of aromatic hydroxyl groups is 1.